The number of methoxy groups -OCH3 is 3. The van der Waals surface area contributed by atoms with E-state index >= 15 is 0 Å². The number of nitrogens with zero attached hydrogens (tertiary/aromatic N) is 1. The lowest BCUT2D eigenvalue weighted by Crippen LogP contribution is -2.39. The molecule has 3 aromatic rings. The second-order valence-corrected chi connectivity index (χ2v) is 8.82. The molecule has 6 heteroatoms. The first-order valence-corrected chi connectivity index (χ1v) is 11.3. The van der Waals surface area contributed by atoms with Crippen LogP contribution in [0.1, 0.15) is 34.3 Å². The van der Waals surface area contributed by atoms with E-state index in [4.69, 9.17) is 14.2 Å². The zero-order valence-corrected chi connectivity index (χ0v) is 19.6. The van der Waals surface area contributed by atoms with E-state index in [0.29, 0.717) is 5.92 Å². The zero-order valence-electron chi connectivity index (χ0n) is 19.6. The molecule has 2 aliphatic heterocycles. The van der Waals surface area contributed by atoms with Crippen molar-refractivity contribution < 1.29 is 14.2 Å². The lowest BCUT2D eigenvalue weighted by atomic mass is 9.81. The molecule has 3 atom stereocenters. The Hall–Kier alpha value is -3.22. The molecule has 3 unspecified atom stereocenters. The Balaban J connectivity index is 1.55. The number of anilines is 1. The van der Waals surface area contributed by atoms with E-state index in [1.54, 1.807) is 21.3 Å². The average Bonchev–Trinajstić information content (AvgIpc) is 3.27. The first-order chi connectivity index (χ1) is 16.1. The highest BCUT2D eigenvalue weighted by molar-refractivity contribution is 5.65. The van der Waals surface area contributed by atoms with Gasteiger partial charge in [-0.2, -0.15) is 0 Å². The fourth-order valence-electron chi connectivity index (χ4n) is 5.11. The molecule has 0 spiro atoms. The van der Waals surface area contributed by atoms with Crippen molar-refractivity contribution in [2.45, 2.75) is 25.6 Å². The SMILES string of the molecule is COc1cccc(CN2CC3C(c4ccc(C)cc4)NNC3c3cc(OC)c(OC)cc32)c1. The number of fused-ring (bicyclic) bond motifs is 3. The van der Waals surface area contributed by atoms with Crippen LogP contribution in [0.4, 0.5) is 5.69 Å². The fourth-order valence-corrected chi connectivity index (χ4v) is 5.11. The van der Waals surface area contributed by atoms with Crippen molar-refractivity contribution in [1.29, 1.82) is 0 Å². The predicted octanol–water partition coefficient (Wildman–Crippen LogP) is 4.55. The summed E-state index contributed by atoms with van der Waals surface area (Å²) in [6.07, 6.45) is 0. The molecule has 0 radical (unpaired) electrons. The van der Waals surface area contributed by atoms with E-state index in [2.05, 4.69) is 71.2 Å². The van der Waals surface area contributed by atoms with Crippen LogP contribution in [0, 0.1) is 12.8 Å². The Morgan fingerprint density at radius 1 is 0.848 bits per heavy atom. The number of hydrazine groups is 1. The summed E-state index contributed by atoms with van der Waals surface area (Å²) >= 11 is 0. The van der Waals surface area contributed by atoms with Crippen LogP contribution in [0.15, 0.2) is 60.7 Å². The fraction of sp³-hybridized carbons (Fsp3) is 0.333. The van der Waals surface area contributed by atoms with Crippen LogP contribution in [0.2, 0.25) is 0 Å². The molecule has 1 saturated heterocycles. The molecule has 5 rings (SSSR count). The molecule has 2 heterocycles. The lowest BCUT2D eigenvalue weighted by Gasteiger charge is -2.39. The van der Waals surface area contributed by atoms with Crippen LogP contribution in [0.3, 0.4) is 0 Å². The van der Waals surface area contributed by atoms with Crippen LogP contribution in [0.5, 0.6) is 17.2 Å². The summed E-state index contributed by atoms with van der Waals surface area (Å²) in [6, 6.07) is 21.7. The summed E-state index contributed by atoms with van der Waals surface area (Å²) in [6.45, 7) is 3.81. The molecule has 0 saturated carbocycles. The maximum absolute atomic E-state index is 5.65. The number of aryl methyl sites for hydroxylation is 1. The third-order valence-electron chi connectivity index (χ3n) is 6.83. The van der Waals surface area contributed by atoms with Gasteiger partial charge in [0.1, 0.15) is 5.75 Å². The van der Waals surface area contributed by atoms with Gasteiger partial charge in [-0.15, -0.1) is 0 Å². The van der Waals surface area contributed by atoms with Crippen molar-refractivity contribution in [3.63, 3.8) is 0 Å². The van der Waals surface area contributed by atoms with Crippen molar-refractivity contribution >= 4 is 5.69 Å². The number of ether oxygens (including phenoxy) is 3. The number of nitrogens with one attached hydrogen (secondary N) is 2. The summed E-state index contributed by atoms with van der Waals surface area (Å²) in [7, 11) is 5.08. The maximum atomic E-state index is 5.65. The van der Waals surface area contributed by atoms with Crippen LogP contribution in [0.25, 0.3) is 0 Å². The highest BCUT2D eigenvalue weighted by Crippen LogP contribution is 2.48. The Labute approximate surface area is 195 Å². The number of benzene rings is 3. The predicted molar refractivity (Wildman–Crippen MR) is 130 cm³/mol. The van der Waals surface area contributed by atoms with E-state index in [1.165, 1.54) is 22.3 Å². The summed E-state index contributed by atoms with van der Waals surface area (Å²) in [4.78, 5) is 2.45. The molecule has 2 aliphatic rings. The van der Waals surface area contributed by atoms with Gasteiger partial charge in [-0.3, -0.25) is 0 Å². The number of rotatable bonds is 6. The first-order valence-electron chi connectivity index (χ1n) is 11.3. The topological polar surface area (TPSA) is 55.0 Å². The smallest absolute Gasteiger partial charge is 0.162 e. The minimum atomic E-state index is 0.174. The summed E-state index contributed by atoms with van der Waals surface area (Å²) < 4.78 is 16.8. The van der Waals surface area contributed by atoms with E-state index in [9.17, 15) is 0 Å². The molecule has 33 heavy (non-hydrogen) atoms. The van der Waals surface area contributed by atoms with Crippen LogP contribution in [-0.2, 0) is 6.54 Å². The molecule has 0 bridgehead atoms. The van der Waals surface area contributed by atoms with Crippen molar-refractivity contribution in [2.24, 2.45) is 5.92 Å². The monoisotopic (exact) mass is 445 g/mol. The molecule has 0 aliphatic carbocycles. The van der Waals surface area contributed by atoms with Gasteiger partial charge in [-0.25, -0.2) is 10.9 Å². The molecule has 0 amide bonds. The van der Waals surface area contributed by atoms with Gasteiger partial charge in [-0.05, 0) is 41.8 Å². The molecule has 6 nitrogen and oxygen atoms in total. The van der Waals surface area contributed by atoms with Gasteiger partial charge in [0.05, 0.1) is 33.4 Å². The molecule has 0 aromatic heterocycles. The average molecular weight is 446 g/mol. The highest BCUT2D eigenvalue weighted by atomic mass is 16.5. The largest absolute Gasteiger partial charge is 0.497 e. The van der Waals surface area contributed by atoms with E-state index < -0.39 is 0 Å². The van der Waals surface area contributed by atoms with Crippen molar-refractivity contribution in [2.75, 3.05) is 32.8 Å². The van der Waals surface area contributed by atoms with Crippen LogP contribution in [-0.4, -0.2) is 27.9 Å². The zero-order chi connectivity index (χ0) is 22.9. The second-order valence-electron chi connectivity index (χ2n) is 8.82. The quantitative estimate of drug-likeness (QED) is 0.581. The second kappa shape index (κ2) is 8.96. The molecular formula is C27H31N3O3. The molecule has 172 valence electrons. The summed E-state index contributed by atoms with van der Waals surface area (Å²) in [5, 5.41) is 0. The Morgan fingerprint density at radius 3 is 2.30 bits per heavy atom. The lowest BCUT2D eigenvalue weighted by molar-refractivity contribution is 0.350. The molecule has 1 fully saturated rings. The normalized spacial score (nSPS) is 21.3. The Bertz CT molecular complexity index is 1130. The van der Waals surface area contributed by atoms with Crippen LogP contribution < -0.4 is 30.0 Å². The highest BCUT2D eigenvalue weighted by Gasteiger charge is 2.43. The minimum Gasteiger partial charge on any atom is -0.497 e. The standard InChI is InChI=1S/C27H31N3O3/c1-17-8-10-19(11-9-17)26-22-16-30(15-18-6-5-7-20(12-18)31-2)23-14-25(33-4)24(32-3)13-21(23)27(22)29-28-26/h5-14,22,26-29H,15-16H2,1-4H3. The van der Waals surface area contributed by atoms with Crippen LogP contribution >= 0.6 is 0 Å². The molecule has 2 N–H and O–H groups in total. The molecular weight excluding hydrogens is 414 g/mol. The number of hydrogen-bond donors (Lipinski definition) is 2. The first kappa shape index (κ1) is 21.6. The van der Waals surface area contributed by atoms with Gasteiger partial charge >= 0.3 is 0 Å². The van der Waals surface area contributed by atoms with Gasteiger partial charge in [0.25, 0.3) is 0 Å². The van der Waals surface area contributed by atoms with Crippen molar-refractivity contribution in [3.8, 4) is 17.2 Å². The summed E-state index contributed by atoms with van der Waals surface area (Å²) in [5.41, 5.74) is 13.3. The van der Waals surface area contributed by atoms with E-state index in [1.807, 2.05) is 12.1 Å². The third kappa shape index (κ3) is 4.01. The number of hydrogen-bond acceptors (Lipinski definition) is 6. The minimum absolute atomic E-state index is 0.174. The van der Waals surface area contributed by atoms with E-state index in [-0.39, 0.29) is 12.1 Å². The van der Waals surface area contributed by atoms with Gasteiger partial charge in [0.2, 0.25) is 0 Å². The maximum Gasteiger partial charge on any atom is 0.162 e. The van der Waals surface area contributed by atoms with Gasteiger partial charge in [0.15, 0.2) is 11.5 Å². The van der Waals surface area contributed by atoms with Gasteiger partial charge in [-0.1, -0.05) is 42.0 Å². The molecule has 3 aromatic carbocycles. The summed E-state index contributed by atoms with van der Waals surface area (Å²) in [5.74, 6) is 2.71. The third-order valence-corrected chi connectivity index (χ3v) is 6.83. The van der Waals surface area contributed by atoms with Gasteiger partial charge < -0.3 is 19.1 Å². The Morgan fingerprint density at radius 2 is 1.58 bits per heavy atom. The van der Waals surface area contributed by atoms with Crippen molar-refractivity contribution in [1.82, 2.24) is 10.9 Å². The van der Waals surface area contributed by atoms with Gasteiger partial charge in [0, 0.05) is 30.8 Å². The van der Waals surface area contributed by atoms with Crippen molar-refractivity contribution in [3.05, 3.63) is 82.9 Å². The Kier molecular flexibility index (Phi) is 5.87. The van der Waals surface area contributed by atoms with E-state index in [0.717, 1.165) is 36.0 Å².